The quantitative estimate of drug-likeness (QED) is 0.156. The summed E-state index contributed by atoms with van der Waals surface area (Å²) in [5, 5.41) is 2.60. The molecular weight excluding hydrogens is 817 g/mol. The monoisotopic (exact) mass is 866 g/mol. The van der Waals surface area contributed by atoms with Gasteiger partial charge in [0.2, 0.25) is 9.84 Å². The molecule has 3 aliphatic rings. The Kier molecular flexibility index (Phi) is 9.44. The van der Waals surface area contributed by atoms with Crippen LogP contribution < -0.4 is 0 Å². The Balaban J connectivity index is 1.01. The smallest absolute Gasteiger partial charge is 0.207 e. The first-order valence-electron chi connectivity index (χ1n) is 23.0. The summed E-state index contributed by atoms with van der Waals surface area (Å²) in [6.07, 6.45) is 4.51. The Morgan fingerprint density at radius 2 is 1.00 bits per heavy atom. The van der Waals surface area contributed by atoms with Gasteiger partial charge in [0.15, 0.2) is 0 Å². The molecule has 1 atom stereocenters. The minimum absolute atomic E-state index is 0.195. The summed E-state index contributed by atoms with van der Waals surface area (Å²) in [6, 6.07) is 67.2. The van der Waals surface area contributed by atoms with Crippen molar-refractivity contribution in [2.75, 3.05) is 0 Å². The molecule has 1 aliphatic heterocycles. The van der Waals surface area contributed by atoms with E-state index in [2.05, 4.69) is 190 Å². The van der Waals surface area contributed by atoms with Crippen LogP contribution in [0.4, 0.5) is 0 Å². The molecule has 12 rings (SSSR count). The molecule has 4 heteroatoms. The first-order valence-corrected chi connectivity index (χ1v) is 25.3. The van der Waals surface area contributed by atoms with Gasteiger partial charge >= 0.3 is 0 Å². The Bertz CT molecular complexity index is 3310. The first-order chi connectivity index (χ1) is 31.3. The highest BCUT2D eigenvalue weighted by atomic mass is 32.2. The minimum atomic E-state index is -3.80. The lowest BCUT2D eigenvalue weighted by Crippen LogP contribution is -2.54. The summed E-state index contributed by atoms with van der Waals surface area (Å²) < 4.78 is 32.8. The van der Waals surface area contributed by atoms with E-state index in [-0.39, 0.29) is 11.3 Å². The van der Waals surface area contributed by atoms with Gasteiger partial charge in [-0.1, -0.05) is 178 Å². The largest absolute Gasteiger partial charge is 0.218 e. The summed E-state index contributed by atoms with van der Waals surface area (Å²) in [7, 11) is -3.80. The predicted molar refractivity (Wildman–Crippen MR) is 266 cm³/mol. The summed E-state index contributed by atoms with van der Waals surface area (Å²) in [6.45, 7) is 4.81. The topological polar surface area (TPSA) is 34.1 Å². The van der Waals surface area contributed by atoms with Crippen LogP contribution in [-0.4, -0.2) is 8.42 Å². The average Bonchev–Trinajstić information content (AvgIpc) is 3.71. The van der Waals surface area contributed by atoms with E-state index in [0.717, 1.165) is 64.6 Å². The second kappa shape index (κ2) is 15.3. The van der Waals surface area contributed by atoms with Gasteiger partial charge < -0.3 is 0 Å². The van der Waals surface area contributed by atoms with Gasteiger partial charge in [-0.15, -0.1) is 11.3 Å². The van der Waals surface area contributed by atoms with Crippen molar-refractivity contribution >= 4 is 41.3 Å². The van der Waals surface area contributed by atoms with E-state index in [4.69, 9.17) is 0 Å². The van der Waals surface area contributed by atoms with Crippen LogP contribution >= 0.6 is 11.3 Å². The number of fused-ring (bicyclic) bond motifs is 5. The second-order valence-electron chi connectivity index (χ2n) is 19.0. The van der Waals surface area contributed by atoms with E-state index in [1.165, 1.54) is 42.4 Å². The number of rotatable bonds is 6. The van der Waals surface area contributed by atoms with Crippen molar-refractivity contribution < 1.29 is 8.42 Å². The second-order valence-corrected chi connectivity index (χ2v) is 22.0. The molecule has 1 spiro atoms. The lowest BCUT2D eigenvalue weighted by molar-refractivity contribution is 0.0231. The third kappa shape index (κ3) is 6.13. The zero-order chi connectivity index (χ0) is 43.2. The van der Waals surface area contributed by atoms with Gasteiger partial charge in [-0.2, -0.15) is 0 Å². The Morgan fingerprint density at radius 1 is 0.469 bits per heavy atom. The van der Waals surface area contributed by atoms with Gasteiger partial charge in [-0.05, 0) is 135 Å². The maximum atomic E-state index is 15.1. The third-order valence-corrected chi connectivity index (χ3v) is 18.2. The van der Waals surface area contributed by atoms with Gasteiger partial charge in [0.1, 0.15) is 0 Å². The molecule has 8 aromatic carbocycles. The van der Waals surface area contributed by atoms with Crippen LogP contribution in [0, 0.1) is 23.7 Å². The first kappa shape index (κ1) is 39.5. The van der Waals surface area contributed by atoms with E-state index in [9.17, 15) is 0 Å². The van der Waals surface area contributed by atoms with Crippen LogP contribution in [0.3, 0.4) is 0 Å². The van der Waals surface area contributed by atoms with Gasteiger partial charge in [0.05, 0.1) is 9.79 Å². The lowest BCUT2D eigenvalue weighted by atomic mass is 9.46. The van der Waals surface area contributed by atoms with E-state index < -0.39 is 9.84 Å². The summed E-state index contributed by atoms with van der Waals surface area (Å²) in [5.41, 5.74) is 12.1. The normalized spacial score (nSPS) is 22.5. The molecule has 9 aromatic rings. The number of hydrogen-bond acceptors (Lipinski definition) is 3. The summed E-state index contributed by atoms with van der Waals surface area (Å²) in [5.74, 6) is 1.86. The van der Waals surface area contributed by atoms with Gasteiger partial charge in [0.25, 0.3) is 0 Å². The highest BCUT2D eigenvalue weighted by Crippen LogP contribution is 2.64. The fraction of sp³-hybridized carbons (Fsp3) is 0.200. The zero-order valence-corrected chi connectivity index (χ0v) is 37.9. The van der Waals surface area contributed by atoms with Gasteiger partial charge in [0, 0.05) is 31.5 Å². The van der Waals surface area contributed by atoms with Crippen molar-refractivity contribution in [3.63, 3.8) is 0 Å². The molecule has 2 fully saturated rings. The van der Waals surface area contributed by atoms with Crippen molar-refractivity contribution in [1.29, 1.82) is 0 Å². The highest BCUT2D eigenvalue weighted by molar-refractivity contribution is 7.91. The lowest BCUT2D eigenvalue weighted by Gasteiger charge is -2.59. The SMILES string of the molecule is C[C@H]1C[C@@H]2C[C@@H](C)C[C@H](C1)C21c2ccccc2S(=O)(=O)c2cc(C(c3ccc(-c4ccccc4)cc3)c3ccc(-c4ccccc4-c4cccc5sc6ccccc6c45)cc3)ccc21. The van der Waals surface area contributed by atoms with Gasteiger partial charge in [-0.25, -0.2) is 8.42 Å². The van der Waals surface area contributed by atoms with Crippen LogP contribution in [0.5, 0.6) is 0 Å². The molecule has 64 heavy (non-hydrogen) atoms. The number of thiophene rings is 1. The Labute approximate surface area is 381 Å². The van der Waals surface area contributed by atoms with Crippen LogP contribution in [0.25, 0.3) is 53.6 Å². The number of sulfone groups is 1. The van der Waals surface area contributed by atoms with Crippen molar-refractivity contribution in [2.45, 2.75) is 60.7 Å². The van der Waals surface area contributed by atoms with Gasteiger partial charge in [-0.3, -0.25) is 0 Å². The van der Waals surface area contributed by atoms with Crippen molar-refractivity contribution in [3.8, 4) is 33.4 Å². The van der Waals surface area contributed by atoms with Crippen LogP contribution in [0.2, 0.25) is 0 Å². The molecule has 2 bridgehead atoms. The molecule has 2 heterocycles. The molecule has 0 N–H and O–H groups in total. The van der Waals surface area contributed by atoms with Crippen molar-refractivity contribution in [2.24, 2.45) is 23.7 Å². The molecular formula is C60H50O2S2. The molecule has 0 radical (unpaired) electrons. The molecule has 2 nitrogen and oxygen atoms in total. The zero-order valence-electron chi connectivity index (χ0n) is 36.2. The van der Waals surface area contributed by atoms with Crippen LogP contribution in [-0.2, 0) is 15.3 Å². The van der Waals surface area contributed by atoms with E-state index in [1.807, 2.05) is 23.5 Å². The minimum Gasteiger partial charge on any atom is -0.218 e. The van der Waals surface area contributed by atoms with Crippen LogP contribution in [0.1, 0.15) is 73.3 Å². The third-order valence-electron chi connectivity index (χ3n) is 15.3. The highest BCUT2D eigenvalue weighted by Gasteiger charge is 2.59. The maximum Gasteiger partial charge on any atom is 0.207 e. The van der Waals surface area contributed by atoms with E-state index in [0.29, 0.717) is 33.5 Å². The van der Waals surface area contributed by atoms with Crippen LogP contribution in [0.15, 0.2) is 198 Å². The molecule has 2 aliphatic carbocycles. The number of hydrogen-bond donors (Lipinski definition) is 0. The fourth-order valence-corrected chi connectivity index (χ4v) is 15.7. The summed E-state index contributed by atoms with van der Waals surface area (Å²) in [4.78, 5) is 1.02. The molecule has 0 saturated heterocycles. The molecule has 0 amide bonds. The maximum absolute atomic E-state index is 15.1. The standard InChI is InChI=1S/C60H50O2S2/c1-38-33-46-35-39(2)36-47(34-38)60(46)52-19-9-11-22-56(52)64(61,62)57-37-45(31-32-53(57)60)58(43-27-23-41(24-28-43)40-13-4-3-5-14-40)44-29-25-42(26-30-44)48-15-6-7-16-49(48)50-18-12-21-55-59(50)51-17-8-10-20-54(51)63-55/h3-32,37-39,46-47,58H,33-36H2,1-2H3/t38-,39+,46+,47-,58?,60?. The predicted octanol–water partition coefficient (Wildman–Crippen LogP) is 15.8. The van der Waals surface area contributed by atoms with Crippen molar-refractivity contribution in [1.82, 2.24) is 0 Å². The Morgan fingerprint density at radius 3 is 1.72 bits per heavy atom. The van der Waals surface area contributed by atoms with Crippen molar-refractivity contribution in [3.05, 3.63) is 216 Å². The molecule has 1 unspecified atom stereocenters. The fourth-order valence-electron chi connectivity index (χ4n) is 12.8. The molecule has 1 aromatic heterocycles. The average molecular weight is 867 g/mol. The molecule has 2 saturated carbocycles. The Hall–Kier alpha value is -6.07. The molecule has 314 valence electrons. The summed E-state index contributed by atoms with van der Waals surface area (Å²) >= 11 is 1.85. The number of benzene rings is 8. The van der Waals surface area contributed by atoms with E-state index in [1.54, 1.807) is 0 Å². The van der Waals surface area contributed by atoms with E-state index >= 15 is 8.42 Å².